The number of carbonyl (C=O) groups is 2. The fourth-order valence-corrected chi connectivity index (χ4v) is 4.06. The van der Waals surface area contributed by atoms with Crippen LogP contribution in [0.25, 0.3) is 0 Å². The maximum Gasteiger partial charge on any atom is 0.292 e. The molecule has 1 fully saturated rings. The number of amides is 2. The van der Waals surface area contributed by atoms with Crippen molar-refractivity contribution in [1.82, 2.24) is 0 Å². The van der Waals surface area contributed by atoms with E-state index in [9.17, 15) is 9.59 Å². The van der Waals surface area contributed by atoms with Crippen LogP contribution in [0.1, 0.15) is 28.7 Å². The zero-order valence-electron chi connectivity index (χ0n) is 14.7. The second kappa shape index (κ2) is 6.12. The predicted octanol–water partition coefficient (Wildman–Crippen LogP) is 1.58. The molecule has 2 aliphatic heterocycles. The van der Waals surface area contributed by atoms with Crippen LogP contribution in [0.5, 0.6) is 0 Å². The summed E-state index contributed by atoms with van der Waals surface area (Å²) in [5, 5.41) is 0. The SMILES string of the molecule is Cc1ccc(C)c(N2C(=O)C[C@@H]([NH+]3CCc4ccccc4C3)C2=O)c1. The number of nitrogens with one attached hydrogen (secondary N) is 1. The maximum atomic E-state index is 13.1. The Kier molecular flexibility index (Phi) is 3.92. The van der Waals surface area contributed by atoms with Crippen molar-refractivity contribution in [3.8, 4) is 0 Å². The molecule has 2 atom stereocenters. The summed E-state index contributed by atoms with van der Waals surface area (Å²) in [6.45, 7) is 5.66. The third-order valence-electron chi connectivity index (χ3n) is 5.50. The van der Waals surface area contributed by atoms with Crippen LogP contribution in [-0.2, 0) is 22.6 Å². The molecule has 0 radical (unpaired) electrons. The Balaban J connectivity index is 1.61. The van der Waals surface area contributed by atoms with Gasteiger partial charge >= 0.3 is 0 Å². The van der Waals surface area contributed by atoms with E-state index in [2.05, 4.69) is 18.2 Å². The standard InChI is InChI=1S/C21H22N2O2/c1-14-7-8-15(2)18(11-14)23-20(24)12-19(21(23)25)22-10-9-16-5-3-4-6-17(16)13-22/h3-8,11,19H,9-10,12-13H2,1-2H3/p+1/t19-/m1/s1. The Bertz CT molecular complexity index is 859. The van der Waals surface area contributed by atoms with E-state index < -0.39 is 0 Å². The molecule has 4 nitrogen and oxygen atoms in total. The first-order valence-corrected chi connectivity index (χ1v) is 8.90. The van der Waals surface area contributed by atoms with Gasteiger partial charge in [-0.25, -0.2) is 4.90 Å². The van der Waals surface area contributed by atoms with Crippen LogP contribution in [0.2, 0.25) is 0 Å². The van der Waals surface area contributed by atoms with E-state index in [1.807, 2.05) is 38.1 Å². The molecule has 0 spiro atoms. The Hall–Kier alpha value is -2.46. The molecule has 2 heterocycles. The van der Waals surface area contributed by atoms with Crippen molar-refractivity contribution in [2.24, 2.45) is 0 Å². The van der Waals surface area contributed by atoms with Crippen molar-refractivity contribution < 1.29 is 14.5 Å². The molecule has 2 aliphatic rings. The summed E-state index contributed by atoms with van der Waals surface area (Å²) in [6.07, 6.45) is 1.27. The molecule has 0 saturated carbocycles. The zero-order chi connectivity index (χ0) is 17.6. The predicted molar refractivity (Wildman–Crippen MR) is 96.5 cm³/mol. The molecule has 0 aromatic heterocycles. The molecule has 25 heavy (non-hydrogen) atoms. The van der Waals surface area contributed by atoms with Crippen LogP contribution < -0.4 is 9.80 Å². The van der Waals surface area contributed by atoms with Crippen LogP contribution in [0.4, 0.5) is 5.69 Å². The van der Waals surface area contributed by atoms with E-state index in [-0.39, 0.29) is 17.9 Å². The number of carbonyl (C=O) groups excluding carboxylic acids is 2. The van der Waals surface area contributed by atoms with Gasteiger partial charge in [0, 0.05) is 12.0 Å². The molecule has 1 unspecified atom stereocenters. The number of aryl methyl sites for hydroxylation is 2. The van der Waals surface area contributed by atoms with Gasteiger partial charge in [0.1, 0.15) is 6.54 Å². The van der Waals surface area contributed by atoms with Gasteiger partial charge in [-0.05, 0) is 36.6 Å². The number of hydrogen-bond acceptors (Lipinski definition) is 2. The molecule has 1 saturated heterocycles. The number of fused-ring (bicyclic) bond motifs is 1. The summed E-state index contributed by atoms with van der Waals surface area (Å²) in [4.78, 5) is 28.3. The first-order valence-electron chi connectivity index (χ1n) is 8.90. The van der Waals surface area contributed by atoms with Gasteiger partial charge in [-0.15, -0.1) is 0 Å². The minimum absolute atomic E-state index is 0.0481. The number of hydrogen-bond donors (Lipinski definition) is 1. The monoisotopic (exact) mass is 335 g/mol. The summed E-state index contributed by atoms with van der Waals surface area (Å²) in [5.41, 5.74) is 5.44. The Morgan fingerprint density at radius 2 is 1.80 bits per heavy atom. The zero-order valence-corrected chi connectivity index (χ0v) is 14.7. The molecular formula is C21H23N2O2+. The van der Waals surface area contributed by atoms with Crippen LogP contribution in [0.15, 0.2) is 42.5 Å². The smallest absolute Gasteiger partial charge is 0.292 e. The molecule has 2 aromatic carbocycles. The van der Waals surface area contributed by atoms with Crippen molar-refractivity contribution in [3.63, 3.8) is 0 Å². The second-order valence-electron chi connectivity index (χ2n) is 7.22. The van der Waals surface area contributed by atoms with Gasteiger partial charge in [0.25, 0.3) is 5.91 Å². The Labute approximate surface area is 148 Å². The van der Waals surface area contributed by atoms with E-state index in [0.29, 0.717) is 6.42 Å². The van der Waals surface area contributed by atoms with Crippen molar-refractivity contribution in [2.45, 2.75) is 39.3 Å². The first kappa shape index (κ1) is 16.0. The van der Waals surface area contributed by atoms with E-state index in [4.69, 9.17) is 0 Å². The third-order valence-corrected chi connectivity index (χ3v) is 5.50. The van der Waals surface area contributed by atoms with Gasteiger partial charge in [-0.3, -0.25) is 9.59 Å². The highest BCUT2D eigenvalue weighted by Gasteiger charge is 2.46. The first-order chi connectivity index (χ1) is 12.0. The van der Waals surface area contributed by atoms with Crippen molar-refractivity contribution in [1.29, 1.82) is 0 Å². The lowest BCUT2D eigenvalue weighted by atomic mass is 9.98. The van der Waals surface area contributed by atoms with Gasteiger partial charge in [-0.2, -0.15) is 0 Å². The molecule has 0 aliphatic carbocycles. The van der Waals surface area contributed by atoms with Crippen molar-refractivity contribution >= 4 is 17.5 Å². The summed E-state index contributed by atoms with van der Waals surface area (Å²) < 4.78 is 0. The van der Waals surface area contributed by atoms with Crippen molar-refractivity contribution in [2.75, 3.05) is 11.4 Å². The minimum atomic E-state index is -0.263. The number of nitrogens with zero attached hydrogens (tertiary/aromatic N) is 1. The van der Waals surface area contributed by atoms with Crippen LogP contribution >= 0.6 is 0 Å². The molecule has 0 bridgehead atoms. The van der Waals surface area contributed by atoms with Gasteiger partial charge in [-0.1, -0.05) is 36.4 Å². The summed E-state index contributed by atoms with van der Waals surface area (Å²) in [7, 11) is 0. The second-order valence-corrected chi connectivity index (χ2v) is 7.22. The lowest BCUT2D eigenvalue weighted by molar-refractivity contribution is -0.930. The Morgan fingerprint density at radius 1 is 1.04 bits per heavy atom. The van der Waals surface area contributed by atoms with Crippen LogP contribution in [0.3, 0.4) is 0 Å². The summed E-state index contributed by atoms with van der Waals surface area (Å²) in [5.74, 6) is -0.122. The minimum Gasteiger partial charge on any atom is -0.320 e. The highest BCUT2D eigenvalue weighted by Crippen LogP contribution is 2.27. The highest BCUT2D eigenvalue weighted by atomic mass is 16.2. The average Bonchev–Trinajstić information content (AvgIpc) is 2.91. The molecule has 4 rings (SSSR count). The molecular weight excluding hydrogens is 312 g/mol. The van der Waals surface area contributed by atoms with Crippen molar-refractivity contribution in [3.05, 3.63) is 64.7 Å². The van der Waals surface area contributed by atoms with E-state index >= 15 is 0 Å². The number of imide groups is 1. The molecule has 128 valence electrons. The lowest BCUT2D eigenvalue weighted by Gasteiger charge is -2.29. The summed E-state index contributed by atoms with van der Waals surface area (Å²) >= 11 is 0. The lowest BCUT2D eigenvalue weighted by Crippen LogP contribution is -3.16. The van der Waals surface area contributed by atoms with E-state index in [0.717, 1.165) is 36.3 Å². The number of benzene rings is 2. The highest BCUT2D eigenvalue weighted by molar-refractivity contribution is 6.22. The fourth-order valence-electron chi connectivity index (χ4n) is 4.06. The van der Waals surface area contributed by atoms with Gasteiger partial charge < -0.3 is 4.90 Å². The van der Waals surface area contributed by atoms with Gasteiger partial charge in [0.15, 0.2) is 6.04 Å². The van der Waals surface area contributed by atoms with E-state index in [1.165, 1.54) is 20.9 Å². The van der Waals surface area contributed by atoms with E-state index in [1.54, 1.807) is 0 Å². The van der Waals surface area contributed by atoms with Gasteiger partial charge in [0.2, 0.25) is 5.91 Å². The van der Waals surface area contributed by atoms with Gasteiger partial charge in [0.05, 0.1) is 18.7 Å². The normalized spacial score (nSPS) is 23.0. The third kappa shape index (κ3) is 2.76. The molecule has 1 N–H and O–H groups in total. The molecule has 4 heteroatoms. The van der Waals surface area contributed by atoms with Crippen LogP contribution in [0, 0.1) is 13.8 Å². The quantitative estimate of drug-likeness (QED) is 0.847. The van der Waals surface area contributed by atoms with Crippen LogP contribution in [-0.4, -0.2) is 24.4 Å². The number of anilines is 1. The maximum absolute atomic E-state index is 13.1. The summed E-state index contributed by atoms with van der Waals surface area (Å²) in [6, 6.07) is 14.1. The topological polar surface area (TPSA) is 41.8 Å². The Morgan fingerprint density at radius 3 is 2.60 bits per heavy atom. The molecule has 2 amide bonds. The average molecular weight is 335 g/mol. The fraction of sp³-hybridized carbons (Fsp3) is 0.333. The number of rotatable bonds is 2. The largest absolute Gasteiger partial charge is 0.320 e. The molecule has 2 aromatic rings. The number of quaternary nitrogens is 1.